The molecule has 1 saturated heterocycles. The van der Waals surface area contributed by atoms with E-state index in [0.717, 1.165) is 32.0 Å². The molecule has 0 bridgehead atoms. The van der Waals surface area contributed by atoms with E-state index in [1.807, 2.05) is 11.8 Å². The number of aliphatic imine (C=N–C) groups is 1. The highest BCUT2D eigenvalue weighted by atomic mass is 32.2. The van der Waals surface area contributed by atoms with Gasteiger partial charge in [-0.05, 0) is 45.7 Å². The average molecular weight is 256 g/mol. The minimum Gasteiger partial charge on any atom is -0.356 e. The van der Waals surface area contributed by atoms with Crippen molar-refractivity contribution in [3.05, 3.63) is 0 Å². The number of piperidine rings is 1. The first-order valence-corrected chi connectivity index (χ1v) is 7.72. The Labute approximate surface area is 109 Å². The molecule has 4 nitrogen and oxygen atoms in total. The Morgan fingerprint density at radius 2 is 2.24 bits per heavy atom. The maximum atomic E-state index is 4.47. The molecule has 2 aliphatic rings. The lowest BCUT2D eigenvalue weighted by Crippen LogP contribution is -2.51. The van der Waals surface area contributed by atoms with Gasteiger partial charge in [-0.3, -0.25) is 4.99 Å². The summed E-state index contributed by atoms with van der Waals surface area (Å²) in [5, 5.41) is 6.83. The minimum atomic E-state index is 0.397. The van der Waals surface area contributed by atoms with Gasteiger partial charge in [0.05, 0.1) is 0 Å². The van der Waals surface area contributed by atoms with Crippen LogP contribution in [0.5, 0.6) is 0 Å². The number of likely N-dealkylation sites (tertiary alicyclic amines) is 1. The highest BCUT2D eigenvalue weighted by Crippen LogP contribution is 2.33. The van der Waals surface area contributed by atoms with Crippen molar-refractivity contribution in [2.75, 3.05) is 46.0 Å². The number of thioether (sulfide) groups is 1. The van der Waals surface area contributed by atoms with Crippen molar-refractivity contribution in [1.82, 2.24) is 15.5 Å². The zero-order valence-corrected chi connectivity index (χ0v) is 11.8. The Hall–Kier alpha value is -0.420. The maximum Gasteiger partial charge on any atom is 0.191 e. The van der Waals surface area contributed by atoms with Gasteiger partial charge in [-0.1, -0.05) is 0 Å². The molecule has 0 aromatic rings. The van der Waals surface area contributed by atoms with Gasteiger partial charge in [-0.2, -0.15) is 11.8 Å². The van der Waals surface area contributed by atoms with Crippen molar-refractivity contribution in [2.45, 2.75) is 24.0 Å². The summed E-state index contributed by atoms with van der Waals surface area (Å²) in [6.45, 7) is 5.48. The van der Waals surface area contributed by atoms with E-state index in [2.05, 4.69) is 33.8 Å². The second kappa shape index (κ2) is 5.96. The third-order valence-electron chi connectivity index (χ3n) is 3.81. The molecule has 0 aromatic heterocycles. The summed E-state index contributed by atoms with van der Waals surface area (Å²) in [6.07, 6.45) is 5.93. The second-order valence-electron chi connectivity index (χ2n) is 5.05. The predicted molar refractivity (Wildman–Crippen MR) is 75.9 cm³/mol. The minimum absolute atomic E-state index is 0.397. The van der Waals surface area contributed by atoms with Crippen LogP contribution in [-0.2, 0) is 0 Å². The molecule has 2 aliphatic heterocycles. The van der Waals surface area contributed by atoms with E-state index in [0.29, 0.717) is 4.75 Å². The zero-order valence-electron chi connectivity index (χ0n) is 11.0. The van der Waals surface area contributed by atoms with Gasteiger partial charge in [0.25, 0.3) is 0 Å². The van der Waals surface area contributed by atoms with Crippen LogP contribution in [-0.4, -0.2) is 61.6 Å². The van der Waals surface area contributed by atoms with Gasteiger partial charge >= 0.3 is 0 Å². The van der Waals surface area contributed by atoms with E-state index in [9.17, 15) is 0 Å². The normalized spacial score (nSPS) is 24.9. The molecule has 0 unspecified atom stereocenters. The predicted octanol–water partition coefficient (Wildman–Crippen LogP) is 0.753. The third kappa shape index (κ3) is 3.52. The molecule has 1 fully saturated rings. The fraction of sp³-hybridized carbons (Fsp3) is 0.917. The van der Waals surface area contributed by atoms with Gasteiger partial charge < -0.3 is 15.5 Å². The van der Waals surface area contributed by atoms with Crippen LogP contribution < -0.4 is 10.6 Å². The lowest BCUT2D eigenvalue weighted by atomic mass is 9.96. The van der Waals surface area contributed by atoms with Gasteiger partial charge in [-0.15, -0.1) is 0 Å². The highest BCUT2D eigenvalue weighted by Gasteiger charge is 2.32. The van der Waals surface area contributed by atoms with Crippen LogP contribution >= 0.6 is 11.8 Å². The summed E-state index contributed by atoms with van der Waals surface area (Å²) < 4.78 is 0.397. The molecule has 0 aliphatic carbocycles. The van der Waals surface area contributed by atoms with Crippen LogP contribution in [0.4, 0.5) is 0 Å². The molecule has 0 radical (unpaired) electrons. The molecule has 17 heavy (non-hydrogen) atoms. The van der Waals surface area contributed by atoms with Crippen molar-refractivity contribution < 1.29 is 0 Å². The molecule has 0 amide bonds. The van der Waals surface area contributed by atoms with E-state index < -0.39 is 0 Å². The van der Waals surface area contributed by atoms with E-state index >= 15 is 0 Å². The van der Waals surface area contributed by atoms with Crippen LogP contribution in [0, 0.1) is 0 Å². The number of rotatable bonds is 3. The summed E-state index contributed by atoms with van der Waals surface area (Å²) >= 11 is 2.01. The third-order valence-corrected chi connectivity index (χ3v) is 5.23. The fourth-order valence-electron chi connectivity index (χ4n) is 2.37. The molecule has 2 heterocycles. The number of hydrogen-bond acceptors (Lipinski definition) is 5. The standard InChI is InChI=1S/C12H24N4S/c1-16-8-4-12(17-2,5-9-16)10-15-11-13-6-3-7-14-11/h3-10H2,1-2H3,(H2,13,14,15). The van der Waals surface area contributed by atoms with Gasteiger partial charge in [-0.25, -0.2) is 0 Å². The van der Waals surface area contributed by atoms with Crippen molar-refractivity contribution in [3.63, 3.8) is 0 Å². The number of guanidine groups is 1. The summed E-state index contributed by atoms with van der Waals surface area (Å²) in [6, 6.07) is 0. The number of hydrogen-bond donors (Lipinski definition) is 2. The van der Waals surface area contributed by atoms with Gasteiger partial charge in [0.15, 0.2) is 5.96 Å². The van der Waals surface area contributed by atoms with E-state index in [1.54, 1.807) is 0 Å². The zero-order chi connectivity index (χ0) is 12.1. The fourth-order valence-corrected chi connectivity index (χ4v) is 3.18. The molecule has 2 rings (SSSR count). The van der Waals surface area contributed by atoms with E-state index in [4.69, 9.17) is 0 Å². The van der Waals surface area contributed by atoms with Crippen LogP contribution in [0.15, 0.2) is 4.99 Å². The molecule has 0 spiro atoms. The molecular weight excluding hydrogens is 232 g/mol. The molecule has 0 aromatic carbocycles. The highest BCUT2D eigenvalue weighted by molar-refractivity contribution is 8.00. The summed E-state index contributed by atoms with van der Waals surface area (Å²) in [5.74, 6) is 1.00. The van der Waals surface area contributed by atoms with Gasteiger partial charge in [0.2, 0.25) is 0 Å². The Kier molecular flexibility index (Phi) is 4.56. The van der Waals surface area contributed by atoms with Crippen molar-refractivity contribution in [3.8, 4) is 0 Å². The molecule has 2 N–H and O–H groups in total. The van der Waals surface area contributed by atoms with E-state index in [1.165, 1.54) is 25.9 Å². The summed E-state index contributed by atoms with van der Waals surface area (Å²) in [4.78, 5) is 6.89. The smallest absolute Gasteiger partial charge is 0.191 e. The summed E-state index contributed by atoms with van der Waals surface area (Å²) in [7, 11) is 2.21. The monoisotopic (exact) mass is 256 g/mol. The lowest BCUT2D eigenvalue weighted by Gasteiger charge is -2.40. The van der Waals surface area contributed by atoms with E-state index in [-0.39, 0.29) is 0 Å². The van der Waals surface area contributed by atoms with Crippen LogP contribution in [0.3, 0.4) is 0 Å². The largest absolute Gasteiger partial charge is 0.356 e. The quantitative estimate of drug-likeness (QED) is 0.782. The van der Waals surface area contributed by atoms with Crippen molar-refractivity contribution in [2.24, 2.45) is 4.99 Å². The first kappa shape index (κ1) is 13.0. The van der Waals surface area contributed by atoms with Crippen LogP contribution in [0.25, 0.3) is 0 Å². The molecule has 98 valence electrons. The Balaban J connectivity index is 1.84. The first-order chi connectivity index (χ1) is 8.24. The SMILES string of the molecule is CSC1(CNC2=NCCCN2)CCN(C)CC1. The molecular formula is C12H24N4S. The lowest BCUT2D eigenvalue weighted by molar-refractivity contribution is 0.239. The van der Waals surface area contributed by atoms with Crippen molar-refractivity contribution >= 4 is 17.7 Å². The van der Waals surface area contributed by atoms with Crippen LogP contribution in [0.2, 0.25) is 0 Å². The number of nitrogens with one attached hydrogen (secondary N) is 2. The molecule has 5 heteroatoms. The van der Waals surface area contributed by atoms with Gasteiger partial charge in [0, 0.05) is 24.4 Å². The Bertz CT molecular complexity index is 272. The summed E-state index contributed by atoms with van der Waals surface area (Å²) in [5.41, 5.74) is 0. The second-order valence-corrected chi connectivity index (χ2v) is 6.33. The maximum absolute atomic E-state index is 4.47. The topological polar surface area (TPSA) is 39.7 Å². The molecule has 0 saturated carbocycles. The van der Waals surface area contributed by atoms with Gasteiger partial charge in [0.1, 0.15) is 0 Å². The Morgan fingerprint density at radius 1 is 1.47 bits per heavy atom. The Morgan fingerprint density at radius 3 is 2.82 bits per heavy atom. The van der Waals surface area contributed by atoms with Crippen LogP contribution in [0.1, 0.15) is 19.3 Å². The van der Waals surface area contributed by atoms with Crippen molar-refractivity contribution in [1.29, 1.82) is 0 Å². The molecule has 0 atom stereocenters. The number of nitrogens with zero attached hydrogens (tertiary/aromatic N) is 2. The average Bonchev–Trinajstić information content (AvgIpc) is 2.40. The first-order valence-electron chi connectivity index (χ1n) is 6.50.